The highest BCUT2D eigenvalue weighted by Crippen LogP contribution is 2.22. The largest absolute Gasteiger partial charge is 0.352 e. The molecule has 0 spiro atoms. The van der Waals surface area contributed by atoms with Crippen molar-refractivity contribution in [3.05, 3.63) is 90.2 Å². The standard InChI is InChI=1S/C23H23FN2O3S2/c1-26(20-6-3-2-4-7-20)31(28,29)22-14-8-18(9-15-22)23(27)25-16-5-17-30-21-12-10-19(24)11-13-21/h2-4,6-15H,5,16-17H2,1H3,(H,25,27). The molecule has 0 fully saturated rings. The quantitative estimate of drug-likeness (QED) is 0.377. The maximum absolute atomic E-state index is 12.9. The van der Waals surface area contributed by atoms with E-state index in [0.29, 0.717) is 17.8 Å². The van der Waals surface area contributed by atoms with Crippen molar-refractivity contribution in [2.45, 2.75) is 16.2 Å². The zero-order valence-electron chi connectivity index (χ0n) is 17.0. The molecule has 0 saturated heterocycles. The van der Waals surface area contributed by atoms with Crippen molar-refractivity contribution in [2.24, 2.45) is 0 Å². The topological polar surface area (TPSA) is 66.5 Å². The number of rotatable bonds is 9. The number of carbonyl (C=O) groups excluding carboxylic acids is 1. The van der Waals surface area contributed by atoms with Gasteiger partial charge in [-0.05, 0) is 72.8 Å². The first-order chi connectivity index (χ1) is 14.9. The highest BCUT2D eigenvalue weighted by Gasteiger charge is 2.21. The lowest BCUT2D eigenvalue weighted by Gasteiger charge is -2.19. The normalized spacial score (nSPS) is 11.2. The number of benzene rings is 3. The molecule has 162 valence electrons. The number of amides is 1. The van der Waals surface area contributed by atoms with Crippen LogP contribution < -0.4 is 9.62 Å². The van der Waals surface area contributed by atoms with Crippen molar-refractivity contribution in [1.29, 1.82) is 0 Å². The Labute approximate surface area is 186 Å². The van der Waals surface area contributed by atoms with Crippen LogP contribution in [0.3, 0.4) is 0 Å². The molecule has 0 aliphatic carbocycles. The molecule has 0 aromatic heterocycles. The van der Waals surface area contributed by atoms with Gasteiger partial charge in [-0.25, -0.2) is 12.8 Å². The Kier molecular flexibility index (Phi) is 7.70. The van der Waals surface area contributed by atoms with E-state index < -0.39 is 10.0 Å². The SMILES string of the molecule is CN(c1ccccc1)S(=O)(=O)c1ccc(C(=O)NCCCSc2ccc(F)cc2)cc1. The van der Waals surface area contributed by atoms with Crippen molar-refractivity contribution >= 4 is 33.4 Å². The molecule has 31 heavy (non-hydrogen) atoms. The van der Waals surface area contributed by atoms with Crippen LogP contribution in [0, 0.1) is 5.82 Å². The van der Waals surface area contributed by atoms with Gasteiger partial charge >= 0.3 is 0 Å². The van der Waals surface area contributed by atoms with E-state index >= 15 is 0 Å². The van der Waals surface area contributed by atoms with E-state index in [2.05, 4.69) is 5.32 Å². The zero-order valence-corrected chi connectivity index (χ0v) is 18.6. The molecular weight excluding hydrogens is 435 g/mol. The molecule has 1 N–H and O–H groups in total. The fraction of sp³-hybridized carbons (Fsp3) is 0.174. The number of thioether (sulfide) groups is 1. The van der Waals surface area contributed by atoms with Gasteiger partial charge in [-0.3, -0.25) is 9.10 Å². The number of anilines is 1. The molecule has 0 aliphatic heterocycles. The summed E-state index contributed by atoms with van der Waals surface area (Å²) in [7, 11) is -2.22. The number of carbonyl (C=O) groups is 1. The van der Waals surface area contributed by atoms with E-state index in [4.69, 9.17) is 0 Å². The van der Waals surface area contributed by atoms with Gasteiger partial charge in [0.2, 0.25) is 0 Å². The second-order valence-electron chi connectivity index (χ2n) is 6.74. The van der Waals surface area contributed by atoms with E-state index in [9.17, 15) is 17.6 Å². The van der Waals surface area contributed by atoms with Gasteiger partial charge in [-0.1, -0.05) is 18.2 Å². The van der Waals surface area contributed by atoms with Gasteiger partial charge in [0.25, 0.3) is 15.9 Å². The van der Waals surface area contributed by atoms with Crippen LogP contribution in [0.4, 0.5) is 10.1 Å². The summed E-state index contributed by atoms with van der Waals surface area (Å²) >= 11 is 1.59. The highest BCUT2D eigenvalue weighted by molar-refractivity contribution is 7.99. The minimum absolute atomic E-state index is 0.117. The number of nitrogens with zero attached hydrogens (tertiary/aromatic N) is 1. The lowest BCUT2D eigenvalue weighted by Crippen LogP contribution is -2.27. The first-order valence-corrected chi connectivity index (χ1v) is 12.1. The highest BCUT2D eigenvalue weighted by atomic mass is 32.2. The minimum atomic E-state index is -3.71. The summed E-state index contributed by atoms with van der Waals surface area (Å²) in [6, 6.07) is 21.0. The Balaban J connectivity index is 1.51. The van der Waals surface area contributed by atoms with Crippen LogP contribution in [0.15, 0.2) is 88.7 Å². The van der Waals surface area contributed by atoms with Gasteiger partial charge < -0.3 is 5.32 Å². The molecule has 5 nitrogen and oxygen atoms in total. The maximum Gasteiger partial charge on any atom is 0.264 e. The van der Waals surface area contributed by atoms with Crippen LogP contribution in [-0.2, 0) is 10.0 Å². The van der Waals surface area contributed by atoms with Gasteiger partial charge in [-0.2, -0.15) is 0 Å². The summed E-state index contributed by atoms with van der Waals surface area (Å²) in [4.78, 5) is 13.4. The number of halogens is 1. The number of hydrogen-bond donors (Lipinski definition) is 1. The third kappa shape index (κ3) is 6.08. The van der Waals surface area contributed by atoms with Crippen LogP contribution in [-0.4, -0.2) is 33.7 Å². The van der Waals surface area contributed by atoms with Gasteiger partial charge in [0, 0.05) is 24.1 Å². The van der Waals surface area contributed by atoms with E-state index in [1.165, 1.54) is 47.8 Å². The van der Waals surface area contributed by atoms with Gasteiger partial charge in [0.15, 0.2) is 0 Å². The summed E-state index contributed by atoms with van der Waals surface area (Å²) in [6.45, 7) is 0.490. The van der Waals surface area contributed by atoms with Gasteiger partial charge in [0.05, 0.1) is 10.6 Å². The Morgan fingerprint density at radius 1 is 0.968 bits per heavy atom. The second kappa shape index (κ2) is 10.5. The third-order valence-electron chi connectivity index (χ3n) is 4.58. The molecule has 1 amide bonds. The molecule has 0 saturated carbocycles. The van der Waals surface area contributed by atoms with Crippen LogP contribution in [0.5, 0.6) is 0 Å². The van der Waals surface area contributed by atoms with Crippen LogP contribution in [0.1, 0.15) is 16.8 Å². The second-order valence-corrected chi connectivity index (χ2v) is 9.88. The number of hydrogen-bond acceptors (Lipinski definition) is 4. The number of sulfonamides is 1. The molecule has 3 aromatic carbocycles. The van der Waals surface area contributed by atoms with E-state index in [1.54, 1.807) is 48.2 Å². The Hall–Kier alpha value is -2.84. The lowest BCUT2D eigenvalue weighted by atomic mass is 10.2. The van der Waals surface area contributed by atoms with Crippen molar-refractivity contribution in [3.8, 4) is 0 Å². The average molecular weight is 459 g/mol. The number of para-hydroxylation sites is 1. The molecule has 8 heteroatoms. The number of nitrogens with one attached hydrogen (secondary N) is 1. The third-order valence-corrected chi connectivity index (χ3v) is 7.48. The van der Waals surface area contributed by atoms with Crippen LogP contribution in [0.2, 0.25) is 0 Å². The summed E-state index contributed by atoms with van der Waals surface area (Å²) in [6.07, 6.45) is 0.752. The maximum atomic E-state index is 12.9. The first kappa shape index (κ1) is 22.8. The fourth-order valence-corrected chi connectivity index (χ4v) is 4.86. The summed E-state index contributed by atoms with van der Waals surface area (Å²) < 4.78 is 39.7. The molecule has 0 bridgehead atoms. The first-order valence-electron chi connectivity index (χ1n) is 9.68. The predicted octanol–water partition coefficient (Wildman–Crippen LogP) is 4.56. The smallest absolute Gasteiger partial charge is 0.264 e. The summed E-state index contributed by atoms with van der Waals surface area (Å²) in [5, 5.41) is 2.83. The molecule has 0 heterocycles. The molecule has 0 unspecified atom stereocenters. The molecule has 3 rings (SSSR count). The predicted molar refractivity (Wildman–Crippen MR) is 123 cm³/mol. The van der Waals surface area contributed by atoms with Crippen molar-refractivity contribution in [3.63, 3.8) is 0 Å². The van der Waals surface area contributed by atoms with Crippen molar-refractivity contribution < 1.29 is 17.6 Å². The van der Waals surface area contributed by atoms with E-state index in [1.807, 2.05) is 6.07 Å². The van der Waals surface area contributed by atoms with Crippen LogP contribution >= 0.6 is 11.8 Å². The van der Waals surface area contributed by atoms with E-state index in [0.717, 1.165) is 17.1 Å². The Bertz CT molecular complexity index is 1100. The van der Waals surface area contributed by atoms with Gasteiger partial charge in [0.1, 0.15) is 5.82 Å². The molecule has 3 aromatic rings. The molecule has 0 aliphatic rings. The monoisotopic (exact) mass is 458 g/mol. The molecule has 0 atom stereocenters. The summed E-state index contributed by atoms with van der Waals surface area (Å²) in [5.41, 5.74) is 0.954. The van der Waals surface area contributed by atoms with Crippen LogP contribution in [0.25, 0.3) is 0 Å². The fourth-order valence-electron chi connectivity index (χ4n) is 2.81. The Morgan fingerprint density at radius 3 is 2.26 bits per heavy atom. The Morgan fingerprint density at radius 2 is 1.61 bits per heavy atom. The lowest BCUT2D eigenvalue weighted by molar-refractivity contribution is 0.0953. The molecular formula is C23H23FN2O3S2. The van der Waals surface area contributed by atoms with Crippen molar-refractivity contribution in [1.82, 2.24) is 5.32 Å². The van der Waals surface area contributed by atoms with E-state index in [-0.39, 0.29) is 16.6 Å². The zero-order chi connectivity index (χ0) is 22.3. The minimum Gasteiger partial charge on any atom is -0.352 e. The van der Waals surface area contributed by atoms with Crippen molar-refractivity contribution in [2.75, 3.05) is 23.7 Å². The average Bonchev–Trinajstić information content (AvgIpc) is 2.80. The molecule has 0 radical (unpaired) electrons. The summed E-state index contributed by atoms with van der Waals surface area (Å²) in [5.74, 6) is 0.267. The van der Waals surface area contributed by atoms with Gasteiger partial charge in [-0.15, -0.1) is 11.8 Å².